The van der Waals surface area contributed by atoms with Crippen molar-refractivity contribution >= 4 is 33.7 Å². The molecule has 0 unspecified atom stereocenters. The van der Waals surface area contributed by atoms with Gasteiger partial charge in [0, 0.05) is 19.0 Å². The molecule has 0 bridgehead atoms. The van der Waals surface area contributed by atoms with Crippen LogP contribution in [-0.4, -0.2) is 38.0 Å². The predicted octanol–water partition coefficient (Wildman–Crippen LogP) is 2.87. The largest absolute Gasteiger partial charge is 0.384 e. The SMILES string of the molecule is Nc1ccc2c(N3CCC[C@H](c4nc5ccccc5[nH]4)C3)ncnc2n1. The van der Waals surface area contributed by atoms with Crippen LogP contribution in [0.2, 0.25) is 0 Å². The second-order valence-electron chi connectivity index (χ2n) is 6.73. The van der Waals surface area contributed by atoms with Crippen molar-refractivity contribution in [1.82, 2.24) is 24.9 Å². The number of aromatic amines is 1. The molecule has 0 amide bonds. The Hall–Kier alpha value is -3.22. The Kier molecular flexibility index (Phi) is 3.44. The number of pyridine rings is 1. The molecular weight excluding hydrogens is 326 g/mol. The van der Waals surface area contributed by atoms with Crippen LogP contribution in [0.4, 0.5) is 11.6 Å². The lowest BCUT2D eigenvalue weighted by atomic mass is 9.97. The van der Waals surface area contributed by atoms with E-state index in [1.165, 1.54) is 0 Å². The standard InChI is InChI=1S/C19H19N7/c20-16-8-7-13-18(25-16)21-11-22-19(13)26-9-3-4-12(10-26)17-23-14-5-1-2-6-15(14)24-17/h1-2,5-8,11-12H,3-4,9-10H2,(H,23,24)(H2,20,21,22,25)/t12-/m0/s1. The molecule has 7 nitrogen and oxygen atoms in total. The van der Waals surface area contributed by atoms with E-state index >= 15 is 0 Å². The van der Waals surface area contributed by atoms with Gasteiger partial charge in [-0.2, -0.15) is 0 Å². The normalized spacial score (nSPS) is 17.8. The van der Waals surface area contributed by atoms with Crippen LogP contribution in [0.5, 0.6) is 0 Å². The molecule has 1 aromatic carbocycles. The van der Waals surface area contributed by atoms with Crippen LogP contribution in [0.15, 0.2) is 42.7 Å². The molecule has 1 aliphatic rings. The van der Waals surface area contributed by atoms with Crippen LogP contribution < -0.4 is 10.6 Å². The summed E-state index contributed by atoms with van der Waals surface area (Å²) in [6, 6.07) is 11.9. The van der Waals surface area contributed by atoms with Gasteiger partial charge < -0.3 is 15.6 Å². The fourth-order valence-corrected chi connectivity index (χ4v) is 3.75. The summed E-state index contributed by atoms with van der Waals surface area (Å²) in [5.74, 6) is 2.80. The second-order valence-corrected chi connectivity index (χ2v) is 6.73. The van der Waals surface area contributed by atoms with Crippen molar-refractivity contribution in [3.8, 4) is 0 Å². The summed E-state index contributed by atoms with van der Waals surface area (Å²) in [7, 11) is 0. The second kappa shape index (κ2) is 5.94. The number of anilines is 2. The third-order valence-corrected chi connectivity index (χ3v) is 5.01. The maximum absolute atomic E-state index is 5.79. The molecule has 130 valence electrons. The lowest BCUT2D eigenvalue weighted by Crippen LogP contribution is -2.35. The number of nitrogens with one attached hydrogen (secondary N) is 1. The molecular formula is C19H19N7. The van der Waals surface area contributed by atoms with E-state index in [-0.39, 0.29) is 0 Å². The molecule has 7 heteroatoms. The number of aromatic nitrogens is 5. The summed E-state index contributed by atoms with van der Waals surface area (Å²) < 4.78 is 0. The van der Waals surface area contributed by atoms with Crippen LogP contribution in [-0.2, 0) is 0 Å². The van der Waals surface area contributed by atoms with Gasteiger partial charge in [0.15, 0.2) is 5.65 Å². The number of rotatable bonds is 2. The van der Waals surface area contributed by atoms with Gasteiger partial charge >= 0.3 is 0 Å². The van der Waals surface area contributed by atoms with E-state index in [1.54, 1.807) is 12.4 Å². The summed E-state index contributed by atoms with van der Waals surface area (Å²) in [4.78, 5) is 23.7. The van der Waals surface area contributed by atoms with Crippen molar-refractivity contribution in [2.24, 2.45) is 0 Å². The maximum atomic E-state index is 5.79. The molecule has 1 atom stereocenters. The highest BCUT2D eigenvalue weighted by Gasteiger charge is 2.26. The Balaban J connectivity index is 1.49. The maximum Gasteiger partial charge on any atom is 0.166 e. The van der Waals surface area contributed by atoms with Crippen molar-refractivity contribution in [1.29, 1.82) is 0 Å². The minimum absolute atomic E-state index is 0.350. The summed E-state index contributed by atoms with van der Waals surface area (Å²) in [6.07, 6.45) is 3.77. The Morgan fingerprint density at radius 2 is 2.00 bits per heavy atom. The zero-order chi connectivity index (χ0) is 17.5. The zero-order valence-electron chi connectivity index (χ0n) is 14.3. The Bertz CT molecular complexity index is 1050. The van der Waals surface area contributed by atoms with Crippen LogP contribution in [0.3, 0.4) is 0 Å². The number of nitrogen functional groups attached to an aromatic ring is 1. The van der Waals surface area contributed by atoms with E-state index in [2.05, 4.69) is 30.9 Å². The number of para-hydroxylation sites is 2. The molecule has 26 heavy (non-hydrogen) atoms. The van der Waals surface area contributed by atoms with Gasteiger partial charge in [0.2, 0.25) is 0 Å². The summed E-state index contributed by atoms with van der Waals surface area (Å²) in [5.41, 5.74) is 8.54. The first-order chi connectivity index (χ1) is 12.8. The van der Waals surface area contributed by atoms with E-state index < -0.39 is 0 Å². The number of benzene rings is 1. The van der Waals surface area contributed by atoms with Crippen molar-refractivity contribution < 1.29 is 0 Å². The van der Waals surface area contributed by atoms with Gasteiger partial charge in [-0.1, -0.05) is 12.1 Å². The van der Waals surface area contributed by atoms with Crippen LogP contribution in [0, 0.1) is 0 Å². The fourth-order valence-electron chi connectivity index (χ4n) is 3.75. The first-order valence-electron chi connectivity index (χ1n) is 8.85. The zero-order valence-corrected chi connectivity index (χ0v) is 14.3. The number of H-pyrrole nitrogens is 1. The molecule has 5 rings (SSSR count). The lowest BCUT2D eigenvalue weighted by Gasteiger charge is -2.33. The number of fused-ring (bicyclic) bond motifs is 2. The van der Waals surface area contributed by atoms with Crippen LogP contribution >= 0.6 is 0 Å². The molecule has 1 fully saturated rings. The van der Waals surface area contributed by atoms with Crippen LogP contribution in [0.1, 0.15) is 24.6 Å². The highest BCUT2D eigenvalue weighted by Crippen LogP contribution is 2.31. The average molecular weight is 345 g/mol. The van der Waals surface area contributed by atoms with Gasteiger partial charge in [-0.15, -0.1) is 0 Å². The first-order valence-corrected chi connectivity index (χ1v) is 8.85. The number of imidazole rings is 1. The molecule has 4 aromatic rings. The molecule has 3 aromatic heterocycles. The lowest BCUT2D eigenvalue weighted by molar-refractivity contribution is 0.493. The molecule has 4 heterocycles. The molecule has 0 radical (unpaired) electrons. The number of hydrogen-bond acceptors (Lipinski definition) is 6. The first kappa shape index (κ1) is 15.1. The Labute approximate surface area is 150 Å². The summed E-state index contributed by atoms with van der Waals surface area (Å²) in [5, 5.41) is 0.937. The molecule has 0 aliphatic carbocycles. The quantitative estimate of drug-likeness (QED) is 0.580. The molecule has 1 aliphatic heterocycles. The highest BCUT2D eigenvalue weighted by molar-refractivity contribution is 5.87. The summed E-state index contributed by atoms with van der Waals surface area (Å²) >= 11 is 0. The number of nitrogens with zero attached hydrogens (tertiary/aromatic N) is 5. The minimum Gasteiger partial charge on any atom is -0.384 e. The third kappa shape index (κ3) is 2.52. The van der Waals surface area contributed by atoms with Gasteiger partial charge in [0.05, 0.1) is 16.4 Å². The smallest absolute Gasteiger partial charge is 0.166 e. The molecule has 0 saturated carbocycles. The van der Waals surface area contributed by atoms with E-state index in [1.807, 2.05) is 24.3 Å². The van der Waals surface area contributed by atoms with E-state index in [0.29, 0.717) is 17.4 Å². The monoisotopic (exact) mass is 345 g/mol. The van der Waals surface area contributed by atoms with Crippen molar-refractivity contribution in [2.75, 3.05) is 23.7 Å². The van der Waals surface area contributed by atoms with E-state index in [4.69, 9.17) is 10.7 Å². The van der Waals surface area contributed by atoms with E-state index in [0.717, 1.165) is 54.0 Å². The highest BCUT2D eigenvalue weighted by atomic mass is 15.2. The van der Waals surface area contributed by atoms with Crippen molar-refractivity contribution in [3.05, 3.63) is 48.5 Å². The number of hydrogen-bond donors (Lipinski definition) is 2. The molecule has 3 N–H and O–H groups in total. The minimum atomic E-state index is 0.350. The molecule has 1 saturated heterocycles. The van der Waals surface area contributed by atoms with Gasteiger partial charge in [-0.25, -0.2) is 19.9 Å². The Morgan fingerprint density at radius 3 is 2.92 bits per heavy atom. The van der Waals surface area contributed by atoms with Gasteiger partial charge in [-0.05, 0) is 37.1 Å². The predicted molar refractivity (Wildman–Crippen MR) is 102 cm³/mol. The average Bonchev–Trinajstić information content (AvgIpc) is 3.12. The van der Waals surface area contributed by atoms with Gasteiger partial charge in [0.25, 0.3) is 0 Å². The van der Waals surface area contributed by atoms with Gasteiger partial charge in [-0.3, -0.25) is 0 Å². The fraction of sp³-hybridized carbons (Fsp3) is 0.263. The van der Waals surface area contributed by atoms with E-state index in [9.17, 15) is 0 Å². The topological polar surface area (TPSA) is 96.6 Å². The summed E-state index contributed by atoms with van der Waals surface area (Å²) in [6.45, 7) is 1.84. The van der Waals surface area contributed by atoms with Crippen molar-refractivity contribution in [2.45, 2.75) is 18.8 Å². The molecule has 0 spiro atoms. The third-order valence-electron chi connectivity index (χ3n) is 5.01. The number of nitrogens with two attached hydrogens (primary N) is 1. The van der Waals surface area contributed by atoms with Gasteiger partial charge in [0.1, 0.15) is 23.8 Å². The van der Waals surface area contributed by atoms with Crippen molar-refractivity contribution in [3.63, 3.8) is 0 Å². The Morgan fingerprint density at radius 1 is 1.08 bits per heavy atom. The number of piperidine rings is 1. The van der Waals surface area contributed by atoms with Crippen LogP contribution in [0.25, 0.3) is 22.1 Å².